The number of rotatable bonds is 8. The summed E-state index contributed by atoms with van der Waals surface area (Å²) in [6, 6.07) is 7.43. The molecule has 1 amide bonds. The summed E-state index contributed by atoms with van der Waals surface area (Å²) >= 11 is 0. The molecule has 28 heavy (non-hydrogen) atoms. The summed E-state index contributed by atoms with van der Waals surface area (Å²) in [4.78, 5) is 16.3. The number of carbonyl (C=O) groups excluding carboxylic acids is 1. The lowest BCUT2D eigenvalue weighted by atomic mass is 10.2. The summed E-state index contributed by atoms with van der Waals surface area (Å²) < 4.78 is 48.4. The van der Waals surface area contributed by atoms with Gasteiger partial charge in [-0.05, 0) is 62.1 Å². The van der Waals surface area contributed by atoms with Crippen molar-refractivity contribution in [3.8, 4) is 11.5 Å². The minimum absolute atomic E-state index is 0.186. The lowest BCUT2D eigenvalue weighted by Crippen LogP contribution is -2.31. The Labute approximate surface area is 160 Å². The predicted octanol–water partition coefficient (Wildman–Crippen LogP) is 4.15. The van der Waals surface area contributed by atoms with Crippen LogP contribution in [-0.2, 0) is 11.0 Å². The first-order valence-electron chi connectivity index (χ1n) is 8.99. The van der Waals surface area contributed by atoms with Crippen LogP contribution in [0.3, 0.4) is 0 Å². The molecule has 1 heterocycles. The molecule has 1 aliphatic rings. The molecule has 1 aliphatic carbocycles. The van der Waals surface area contributed by atoms with Crippen LogP contribution in [0.2, 0.25) is 0 Å². The summed E-state index contributed by atoms with van der Waals surface area (Å²) in [6.07, 6.45) is -0.359. The predicted molar refractivity (Wildman–Crippen MR) is 96.0 cm³/mol. The Balaban J connectivity index is 1.44. The maximum Gasteiger partial charge on any atom is 0.416 e. The van der Waals surface area contributed by atoms with Gasteiger partial charge in [0.1, 0.15) is 11.5 Å². The first-order valence-corrected chi connectivity index (χ1v) is 8.99. The number of nitrogens with zero attached hydrogens (tertiary/aromatic N) is 1. The number of alkyl halides is 3. The van der Waals surface area contributed by atoms with Gasteiger partial charge in [-0.25, -0.2) is 0 Å². The molecule has 0 aliphatic heterocycles. The summed E-state index contributed by atoms with van der Waals surface area (Å²) in [5, 5.41) is 2.73. The normalized spacial score (nSPS) is 15.0. The highest BCUT2D eigenvalue weighted by Crippen LogP contribution is 2.30. The van der Waals surface area contributed by atoms with E-state index in [9.17, 15) is 18.0 Å². The molecule has 1 N–H and O–H groups in total. The van der Waals surface area contributed by atoms with E-state index >= 15 is 0 Å². The molecule has 1 aromatic heterocycles. The molecule has 0 radical (unpaired) electrons. The van der Waals surface area contributed by atoms with Gasteiger partial charge in [0.05, 0.1) is 30.1 Å². The molecule has 0 saturated heterocycles. The molecular weight excluding hydrogens is 373 g/mol. The first kappa shape index (κ1) is 20.0. The maximum atomic E-state index is 12.5. The summed E-state index contributed by atoms with van der Waals surface area (Å²) in [5.41, 5.74) is -0.102. The quantitative estimate of drug-likeness (QED) is 0.731. The molecule has 0 bridgehead atoms. The molecule has 3 rings (SSSR count). The van der Waals surface area contributed by atoms with E-state index in [1.165, 1.54) is 25.0 Å². The highest BCUT2D eigenvalue weighted by molar-refractivity contribution is 5.77. The monoisotopic (exact) mass is 394 g/mol. The van der Waals surface area contributed by atoms with Crippen LogP contribution in [0.1, 0.15) is 37.1 Å². The average Bonchev–Trinajstić information content (AvgIpc) is 3.49. The van der Waals surface area contributed by atoms with Crippen LogP contribution in [0.4, 0.5) is 13.2 Å². The topological polar surface area (TPSA) is 60.5 Å². The Hall–Kier alpha value is -2.77. The van der Waals surface area contributed by atoms with E-state index in [0.29, 0.717) is 24.0 Å². The number of hydrogen-bond donors (Lipinski definition) is 1. The van der Waals surface area contributed by atoms with Crippen molar-refractivity contribution in [1.82, 2.24) is 10.3 Å². The summed E-state index contributed by atoms with van der Waals surface area (Å²) in [6.45, 7) is 2.18. The van der Waals surface area contributed by atoms with Gasteiger partial charge in [-0.15, -0.1) is 0 Å². The van der Waals surface area contributed by atoms with Crippen molar-refractivity contribution in [1.29, 1.82) is 0 Å². The number of ether oxygens (including phenoxy) is 2. The van der Waals surface area contributed by atoms with Crippen LogP contribution in [0.5, 0.6) is 11.5 Å². The number of amides is 1. The molecule has 1 aromatic carbocycles. The molecular formula is C20H21F3N2O3. The van der Waals surface area contributed by atoms with Crippen LogP contribution in [-0.4, -0.2) is 24.1 Å². The van der Waals surface area contributed by atoms with Gasteiger partial charge in [0.15, 0.2) is 6.61 Å². The molecule has 1 fully saturated rings. The van der Waals surface area contributed by atoms with Crippen molar-refractivity contribution in [3.05, 3.63) is 53.9 Å². The van der Waals surface area contributed by atoms with Crippen LogP contribution in [0.15, 0.2) is 42.6 Å². The fraction of sp³-hybridized carbons (Fsp3) is 0.400. The maximum absolute atomic E-state index is 12.5. The second-order valence-corrected chi connectivity index (χ2v) is 6.77. The second kappa shape index (κ2) is 8.50. The SMILES string of the molecule is CC(NC(=O)COc1ccc(C(F)(F)F)cc1)c1ccc(OCC2CC2)cn1. The molecule has 150 valence electrons. The van der Waals surface area contributed by atoms with Gasteiger partial charge in [0.25, 0.3) is 5.91 Å². The van der Waals surface area contributed by atoms with Gasteiger partial charge < -0.3 is 14.8 Å². The zero-order chi connectivity index (χ0) is 20.1. The van der Waals surface area contributed by atoms with E-state index in [1.807, 2.05) is 6.07 Å². The molecule has 0 spiro atoms. The Kier molecular flexibility index (Phi) is 6.06. The van der Waals surface area contributed by atoms with E-state index in [4.69, 9.17) is 9.47 Å². The van der Waals surface area contributed by atoms with Gasteiger partial charge in [-0.1, -0.05) is 0 Å². The van der Waals surface area contributed by atoms with Crippen LogP contribution >= 0.6 is 0 Å². The van der Waals surface area contributed by atoms with Crippen LogP contribution in [0, 0.1) is 5.92 Å². The number of benzene rings is 1. The molecule has 1 atom stereocenters. The fourth-order valence-corrected chi connectivity index (χ4v) is 2.48. The van der Waals surface area contributed by atoms with Gasteiger partial charge >= 0.3 is 6.18 Å². The Morgan fingerprint density at radius 3 is 2.39 bits per heavy atom. The zero-order valence-electron chi connectivity index (χ0n) is 15.3. The van der Waals surface area contributed by atoms with E-state index in [0.717, 1.165) is 12.1 Å². The Bertz CT molecular complexity index is 788. The molecule has 8 heteroatoms. The second-order valence-electron chi connectivity index (χ2n) is 6.77. The highest BCUT2D eigenvalue weighted by atomic mass is 19.4. The third-order valence-electron chi connectivity index (χ3n) is 4.31. The lowest BCUT2D eigenvalue weighted by Gasteiger charge is -2.15. The number of carbonyl (C=O) groups is 1. The van der Waals surface area contributed by atoms with E-state index in [-0.39, 0.29) is 18.4 Å². The van der Waals surface area contributed by atoms with Gasteiger partial charge in [0, 0.05) is 0 Å². The van der Waals surface area contributed by atoms with E-state index in [2.05, 4.69) is 10.3 Å². The smallest absolute Gasteiger partial charge is 0.416 e. The third-order valence-corrected chi connectivity index (χ3v) is 4.31. The minimum atomic E-state index is -4.41. The summed E-state index contributed by atoms with van der Waals surface area (Å²) in [5.74, 6) is 1.14. The highest BCUT2D eigenvalue weighted by Gasteiger charge is 2.30. The Morgan fingerprint density at radius 2 is 1.82 bits per heavy atom. The first-order chi connectivity index (χ1) is 13.3. The molecule has 5 nitrogen and oxygen atoms in total. The van der Waals surface area contributed by atoms with Crippen molar-refractivity contribution >= 4 is 5.91 Å². The lowest BCUT2D eigenvalue weighted by molar-refractivity contribution is -0.137. The van der Waals surface area contributed by atoms with Crippen molar-refractivity contribution in [3.63, 3.8) is 0 Å². The van der Waals surface area contributed by atoms with Crippen molar-refractivity contribution in [2.24, 2.45) is 5.92 Å². The van der Waals surface area contributed by atoms with Crippen LogP contribution < -0.4 is 14.8 Å². The number of hydrogen-bond acceptors (Lipinski definition) is 4. The third kappa shape index (κ3) is 5.87. The van der Waals surface area contributed by atoms with Crippen molar-refractivity contribution in [2.45, 2.75) is 32.0 Å². The molecule has 1 unspecified atom stereocenters. The fourth-order valence-electron chi connectivity index (χ4n) is 2.48. The number of aromatic nitrogens is 1. The minimum Gasteiger partial charge on any atom is -0.492 e. The standard InChI is InChI=1S/C20H21F3N2O3/c1-13(18-9-8-17(10-24-18)27-11-14-2-3-14)25-19(26)12-28-16-6-4-15(5-7-16)20(21,22)23/h4-10,13-14H,2-3,11-12H2,1H3,(H,25,26). The number of halogens is 3. The van der Waals surface area contributed by atoms with Crippen molar-refractivity contribution < 1.29 is 27.4 Å². The van der Waals surface area contributed by atoms with Gasteiger partial charge in [0.2, 0.25) is 0 Å². The van der Waals surface area contributed by atoms with E-state index < -0.39 is 17.6 Å². The summed E-state index contributed by atoms with van der Waals surface area (Å²) in [7, 11) is 0. The number of nitrogens with one attached hydrogen (secondary N) is 1. The van der Waals surface area contributed by atoms with Gasteiger partial charge in [-0.3, -0.25) is 9.78 Å². The van der Waals surface area contributed by atoms with Crippen LogP contribution in [0.25, 0.3) is 0 Å². The average molecular weight is 394 g/mol. The largest absolute Gasteiger partial charge is 0.492 e. The number of pyridine rings is 1. The van der Waals surface area contributed by atoms with Gasteiger partial charge in [-0.2, -0.15) is 13.2 Å². The molecule has 2 aromatic rings. The zero-order valence-corrected chi connectivity index (χ0v) is 15.3. The van der Waals surface area contributed by atoms with E-state index in [1.54, 1.807) is 19.2 Å². The van der Waals surface area contributed by atoms with Crippen molar-refractivity contribution in [2.75, 3.05) is 13.2 Å². The molecule has 1 saturated carbocycles. The Morgan fingerprint density at radius 1 is 1.14 bits per heavy atom.